The van der Waals surface area contributed by atoms with Crippen LogP contribution in [0.1, 0.15) is 40.4 Å². The van der Waals surface area contributed by atoms with Crippen molar-refractivity contribution in [2.75, 3.05) is 6.61 Å². The number of phenolic OH excluding ortho intramolecular Hbond substituents is 1. The molecular weight excluding hydrogens is 276 g/mol. The minimum atomic E-state index is -0.872. The first-order chi connectivity index (χ1) is 9.84. The van der Waals surface area contributed by atoms with E-state index in [2.05, 4.69) is 0 Å². The van der Waals surface area contributed by atoms with E-state index in [1.54, 1.807) is 20.8 Å². The molecule has 114 valence electrons. The molecule has 2 N–H and O–H groups in total. The summed E-state index contributed by atoms with van der Waals surface area (Å²) in [5, 5.41) is 19.0. The van der Waals surface area contributed by atoms with E-state index in [1.165, 1.54) is 0 Å². The van der Waals surface area contributed by atoms with Gasteiger partial charge >= 0.3 is 11.9 Å². The smallest absolute Gasteiger partial charge is 0.342 e. The number of carbonyl (C=O) groups is 2. The Morgan fingerprint density at radius 2 is 2.05 bits per heavy atom. The fourth-order valence-corrected chi connectivity index (χ4v) is 2.33. The standard InChI is InChI=1S/C15H18O6/c1-7(14(17)18)4-5-20-13-8(2)10-6-21-15(19)11(10)12(16)9(13)3/h7,16H,4-6H2,1-3H3,(H,17,18)/t7-/m0/s1. The molecule has 6 nitrogen and oxygen atoms in total. The monoisotopic (exact) mass is 294 g/mol. The minimum absolute atomic E-state index is 0.121. The molecule has 1 aliphatic rings. The number of carbonyl (C=O) groups excluding carboxylic acids is 1. The number of hydrogen-bond acceptors (Lipinski definition) is 5. The van der Waals surface area contributed by atoms with Crippen molar-refractivity contribution in [1.82, 2.24) is 0 Å². The van der Waals surface area contributed by atoms with E-state index < -0.39 is 17.9 Å². The molecule has 1 aromatic rings. The molecule has 1 atom stereocenters. The van der Waals surface area contributed by atoms with Crippen molar-refractivity contribution >= 4 is 11.9 Å². The zero-order valence-corrected chi connectivity index (χ0v) is 12.2. The van der Waals surface area contributed by atoms with Crippen LogP contribution in [0.3, 0.4) is 0 Å². The van der Waals surface area contributed by atoms with Gasteiger partial charge in [0.05, 0.1) is 12.5 Å². The van der Waals surface area contributed by atoms with Gasteiger partial charge in [0.25, 0.3) is 0 Å². The van der Waals surface area contributed by atoms with Crippen LogP contribution in [-0.2, 0) is 16.1 Å². The van der Waals surface area contributed by atoms with Gasteiger partial charge in [0.1, 0.15) is 23.7 Å². The Hall–Kier alpha value is -2.24. The van der Waals surface area contributed by atoms with Gasteiger partial charge in [0.2, 0.25) is 0 Å². The molecule has 1 heterocycles. The first-order valence-electron chi connectivity index (χ1n) is 6.72. The summed E-state index contributed by atoms with van der Waals surface area (Å²) in [6, 6.07) is 0. The Bertz CT molecular complexity index is 605. The highest BCUT2D eigenvalue weighted by Gasteiger charge is 2.31. The molecule has 0 aliphatic carbocycles. The lowest BCUT2D eigenvalue weighted by atomic mass is 9.98. The average molecular weight is 294 g/mol. The molecular formula is C15H18O6. The zero-order valence-electron chi connectivity index (χ0n) is 12.2. The molecule has 0 amide bonds. The summed E-state index contributed by atoms with van der Waals surface area (Å²) in [6.07, 6.45) is 0.363. The molecule has 1 aromatic carbocycles. The van der Waals surface area contributed by atoms with Crippen LogP contribution in [0.2, 0.25) is 0 Å². The van der Waals surface area contributed by atoms with E-state index in [9.17, 15) is 14.7 Å². The third-order valence-corrected chi connectivity index (χ3v) is 3.80. The molecule has 0 bridgehead atoms. The van der Waals surface area contributed by atoms with E-state index in [1.807, 2.05) is 0 Å². The summed E-state index contributed by atoms with van der Waals surface area (Å²) in [6.45, 7) is 5.41. The Labute approximate surface area is 122 Å². The van der Waals surface area contributed by atoms with Crippen molar-refractivity contribution < 1.29 is 29.3 Å². The summed E-state index contributed by atoms with van der Waals surface area (Å²) in [7, 11) is 0. The SMILES string of the molecule is Cc1c(O)c2c(c(C)c1OCC[C@H](C)C(=O)O)COC2=O. The normalized spacial score (nSPS) is 14.5. The number of esters is 1. The molecule has 1 aliphatic heterocycles. The maximum Gasteiger partial charge on any atom is 0.342 e. The second kappa shape index (κ2) is 5.63. The van der Waals surface area contributed by atoms with Gasteiger partial charge in [-0.2, -0.15) is 0 Å². The van der Waals surface area contributed by atoms with Crippen molar-refractivity contribution in [2.24, 2.45) is 5.92 Å². The van der Waals surface area contributed by atoms with Gasteiger partial charge in [-0.3, -0.25) is 4.79 Å². The minimum Gasteiger partial charge on any atom is -0.507 e. The van der Waals surface area contributed by atoms with Crippen LogP contribution in [0, 0.1) is 19.8 Å². The molecule has 0 aromatic heterocycles. The second-order valence-corrected chi connectivity index (χ2v) is 5.23. The number of carboxylic acids is 1. The Morgan fingerprint density at radius 1 is 1.38 bits per heavy atom. The number of phenols is 1. The van der Waals surface area contributed by atoms with E-state index in [4.69, 9.17) is 14.6 Å². The van der Waals surface area contributed by atoms with Crippen LogP contribution in [0.5, 0.6) is 11.5 Å². The third-order valence-electron chi connectivity index (χ3n) is 3.80. The van der Waals surface area contributed by atoms with Crippen LogP contribution >= 0.6 is 0 Å². The first-order valence-corrected chi connectivity index (χ1v) is 6.72. The third kappa shape index (κ3) is 2.66. The predicted molar refractivity (Wildman–Crippen MR) is 73.6 cm³/mol. The summed E-state index contributed by atoms with van der Waals surface area (Å²) in [5.74, 6) is -1.54. The lowest BCUT2D eigenvalue weighted by molar-refractivity contribution is -0.141. The lowest BCUT2D eigenvalue weighted by Crippen LogP contribution is -2.14. The molecule has 2 rings (SSSR count). The number of ether oxygens (including phenoxy) is 2. The molecule has 0 saturated carbocycles. The van der Waals surface area contributed by atoms with Crippen molar-refractivity contribution in [3.8, 4) is 11.5 Å². The van der Waals surface area contributed by atoms with Crippen LogP contribution in [-0.4, -0.2) is 28.8 Å². The number of hydrogen-bond donors (Lipinski definition) is 2. The first kappa shape index (κ1) is 15.2. The van der Waals surface area contributed by atoms with Gasteiger partial charge in [-0.1, -0.05) is 6.92 Å². The number of benzene rings is 1. The molecule has 21 heavy (non-hydrogen) atoms. The summed E-state index contributed by atoms with van der Waals surface area (Å²) in [5.41, 5.74) is 2.04. The van der Waals surface area contributed by atoms with Gasteiger partial charge in [-0.15, -0.1) is 0 Å². The number of aromatic hydroxyl groups is 1. The molecule has 0 saturated heterocycles. The highest BCUT2D eigenvalue weighted by molar-refractivity contribution is 5.97. The number of carboxylic acid groups (broad SMARTS) is 1. The number of aliphatic carboxylic acids is 1. The fraction of sp³-hybridized carbons (Fsp3) is 0.467. The van der Waals surface area contributed by atoms with Gasteiger partial charge in [0, 0.05) is 11.1 Å². The Balaban J connectivity index is 2.24. The highest BCUT2D eigenvalue weighted by atomic mass is 16.5. The summed E-state index contributed by atoms with van der Waals surface area (Å²) in [4.78, 5) is 22.4. The molecule has 6 heteroatoms. The van der Waals surface area contributed by atoms with Crippen LogP contribution in [0.25, 0.3) is 0 Å². The topological polar surface area (TPSA) is 93.1 Å². The van der Waals surface area contributed by atoms with E-state index in [-0.39, 0.29) is 24.5 Å². The highest BCUT2D eigenvalue weighted by Crippen LogP contribution is 2.41. The van der Waals surface area contributed by atoms with Crippen molar-refractivity contribution in [3.63, 3.8) is 0 Å². The van der Waals surface area contributed by atoms with Gasteiger partial charge < -0.3 is 19.7 Å². The molecule has 0 unspecified atom stereocenters. The van der Waals surface area contributed by atoms with Crippen LogP contribution in [0.4, 0.5) is 0 Å². The van der Waals surface area contributed by atoms with E-state index in [0.29, 0.717) is 23.3 Å². The summed E-state index contributed by atoms with van der Waals surface area (Å²) >= 11 is 0. The number of cyclic esters (lactones) is 1. The van der Waals surface area contributed by atoms with E-state index >= 15 is 0 Å². The van der Waals surface area contributed by atoms with Crippen molar-refractivity contribution in [2.45, 2.75) is 33.8 Å². The molecule has 0 fully saturated rings. The number of fused-ring (bicyclic) bond motifs is 1. The van der Waals surface area contributed by atoms with Crippen molar-refractivity contribution in [1.29, 1.82) is 0 Å². The van der Waals surface area contributed by atoms with E-state index in [0.717, 1.165) is 5.56 Å². The molecule has 0 radical (unpaired) electrons. The van der Waals surface area contributed by atoms with Gasteiger partial charge in [-0.25, -0.2) is 4.79 Å². The van der Waals surface area contributed by atoms with Gasteiger partial charge in [0.15, 0.2) is 0 Å². The quantitative estimate of drug-likeness (QED) is 0.808. The Morgan fingerprint density at radius 3 is 2.67 bits per heavy atom. The van der Waals surface area contributed by atoms with Crippen LogP contribution < -0.4 is 4.74 Å². The summed E-state index contributed by atoms with van der Waals surface area (Å²) < 4.78 is 10.6. The van der Waals surface area contributed by atoms with Crippen molar-refractivity contribution in [3.05, 3.63) is 22.3 Å². The number of rotatable bonds is 5. The predicted octanol–water partition coefficient (Wildman–Crippen LogP) is 2.17. The largest absolute Gasteiger partial charge is 0.507 e. The second-order valence-electron chi connectivity index (χ2n) is 5.23. The maximum atomic E-state index is 11.6. The van der Waals surface area contributed by atoms with Gasteiger partial charge in [-0.05, 0) is 25.8 Å². The zero-order chi connectivity index (χ0) is 15.7. The molecule has 0 spiro atoms. The fourth-order valence-electron chi connectivity index (χ4n) is 2.33. The maximum absolute atomic E-state index is 11.6. The Kier molecular flexibility index (Phi) is 4.06. The van der Waals surface area contributed by atoms with Crippen LogP contribution in [0.15, 0.2) is 0 Å². The average Bonchev–Trinajstić information content (AvgIpc) is 2.82. The lowest BCUT2D eigenvalue weighted by Gasteiger charge is -2.16.